The molecule has 1 amide bonds. The molecule has 0 bridgehead atoms. The maximum Gasteiger partial charge on any atom is 0.275 e. The summed E-state index contributed by atoms with van der Waals surface area (Å²) in [7, 11) is 2.22. The van der Waals surface area contributed by atoms with E-state index >= 15 is 0 Å². The van der Waals surface area contributed by atoms with Crippen molar-refractivity contribution in [1.82, 2.24) is 5.32 Å². The second kappa shape index (κ2) is 8.08. The molecular formula is C20H27N3O+2. The van der Waals surface area contributed by atoms with Gasteiger partial charge in [0.1, 0.15) is 26.2 Å². The van der Waals surface area contributed by atoms with Crippen molar-refractivity contribution < 1.29 is 14.6 Å². The number of quaternary nitrogens is 2. The molecular weight excluding hydrogens is 298 g/mol. The third kappa shape index (κ3) is 4.43. The number of carbonyl (C=O) groups is 1. The number of benzene rings is 2. The average Bonchev–Trinajstić information content (AvgIpc) is 2.63. The standard InChI is InChI=1S/C20H25N3O/c1-22-12-14-23(15-13-22)16-19(24)21-20(17-8-4-2-5-9-17)18-10-6-3-7-11-18/h2-11,20H,12-16H2,1H3,(H,21,24)/p+2. The molecule has 2 aromatic carbocycles. The number of rotatable bonds is 5. The monoisotopic (exact) mass is 325 g/mol. The fraction of sp³-hybridized carbons (Fsp3) is 0.350. The molecule has 4 nitrogen and oxygen atoms in total. The van der Waals surface area contributed by atoms with Crippen LogP contribution in [0.4, 0.5) is 0 Å². The van der Waals surface area contributed by atoms with Gasteiger partial charge >= 0.3 is 0 Å². The Morgan fingerprint density at radius 3 is 1.92 bits per heavy atom. The molecule has 1 saturated heterocycles. The van der Waals surface area contributed by atoms with E-state index in [0.717, 1.165) is 37.3 Å². The van der Waals surface area contributed by atoms with Crippen LogP contribution in [-0.4, -0.2) is 45.7 Å². The Morgan fingerprint density at radius 2 is 1.42 bits per heavy atom. The minimum Gasteiger partial charge on any atom is -0.340 e. The van der Waals surface area contributed by atoms with E-state index in [1.54, 1.807) is 4.90 Å². The lowest BCUT2D eigenvalue weighted by molar-refractivity contribution is -1.000. The van der Waals surface area contributed by atoms with E-state index < -0.39 is 0 Å². The van der Waals surface area contributed by atoms with Gasteiger partial charge in [0.2, 0.25) is 0 Å². The maximum absolute atomic E-state index is 12.6. The molecule has 126 valence electrons. The molecule has 1 aliphatic heterocycles. The second-order valence-electron chi connectivity index (χ2n) is 6.71. The Kier molecular flexibility index (Phi) is 5.62. The predicted octanol–water partition coefficient (Wildman–Crippen LogP) is -0.695. The van der Waals surface area contributed by atoms with Crippen LogP contribution in [0.15, 0.2) is 60.7 Å². The normalized spacial score (nSPS) is 20.8. The Labute approximate surface area is 144 Å². The van der Waals surface area contributed by atoms with Crippen molar-refractivity contribution in [3.63, 3.8) is 0 Å². The number of nitrogens with one attached hydrogen (secondary N) is 3. The third-order valence-corrected chi connectivity index (χ3v) is 4.79. The number of likely N-dealkylation sites (N-methyl/N-ethyl adjacent to an activating group) is 1. The highest BCUT2D eigenvalue weighted by Crippen LogP contribution is 2.21. The summed E-state index contributed by atoms with van der Waals surface area (Å²) in [5, 5.41) is 3.24. The Morgan fingerprint density at radius 1 is 0.917 bits per heavy atom. The van der Waals surface area contributed by atoms with Crippen molar-refractivity contribution >= 4 is 5.91 Å². The first-order chi connectivity index (χ1) is 11.7. The zero-order chi connectivity index (χ0) is 16.8. The van der Waals surface area contributed by atoms with E-state index in [-0.39, 0.29) is 11.9 Å². The third-order valence-electron chi connectivity index (χ3n) is 4.79. The van der Waals surface area contributed by atoms with Crippen LogP contribution in [-0.2, 0) is 4.79 Å². The zero-order valence-corrected chi connectivity index (χ0v) is 14.3. The van der Waals surface area contributed by atoms with Gasteiger partial charge in [-0.1, -0.05) is 60.7 Å². The zero-order valence-electron chi connectivity index (χ0n) is 14.3. The van der Waals surface area contributed by atoms with Crippen LogP contribution in [0, 0.1) is 0 Å². The van der Waals surface area contributed by atoms with E-state index in [2.05, 4.69) is 36.6 Å². The summed E-state index contributed by atoms with van der Waals surface area (Å²) in [5.41, 5.74) is 2.24. The van der Waals surface area contributed by atoms with Crippen molar-refractivity contribution in [1.29, 1.82) is 0 Å². The molecule has 0 spiro atoms. The molecule has 3 N–H and O–H groups in total. The highest BCUT2D eigenvalue weighted by molar-refractivity contribution is 5.77. The summed E-state index contributed by atoms with van der Waals surface area (Å²) in [6, 6.07) is 20.3. The molecule has 1 aliphatic rings. The van der Waals surface area contributed by atoms with Gasteiger partial charge in [-0.3, -0.25) is 4.79 Å². The molecule has 0 aliphatic carbocycles. The molecule has 0 aromatic heterocycles. The fourth-order valence-corrected chi connectivity index (χ4v) is 3.30. The molecule has 0 unspecified atom stereocenters. The molecule has 0 atom stereocenters. The van der Waals surface area contributed by atoms with Gasteiger partial charge in [-0.15, -0.1) is 0 Å². The van der Waals surface area contributed by atoms with Gasteiger partial charge in [0, 0.05) is 0 Å². The Hall–Kier alpha value is -2.17. The molecule has 2 aromatic rings. The van der Waals surface area contributed by atoms with Crippen molar-refractivity contribution in [2.24, 2.45) is 0 Å². The van der Waals surface area contributed by atoms with E-state index in [0.29, 0.717) is 6.54 Å². The number of carbonyl (C=O) groups excluding carboxylic acids is 1. The number of amides is 1. The van der Waals surface area contributed by atoms with Gasteiger partial charge in [0.05, 0.1) is 13.1 Å². The minimum absolute atomic E-state index is 0.0858. The van der Waals surface area contributed by atoms with Gasteiger partial charge in [0.15, 0.2) is 6.54 Å². The van der Waals surface area contributed by atoms with Crippen LogP contribution in [0.5, 0.6) is 0 Å². The van der Waals surface area contributed by atoms with Crippen molar-refractivity contribution in [2.45, 2.75) is 6.04 Å². The maximum atomic E-state index is 12.6. The first-order valence-electron chi connectivity index (χ1n) is 8.76. The van der Waals surface area contributed by atoms with E-state index in [9.17, 15) is 4.79 Å². The van der Waals surface area contributed by atoms with Gasteiger partial charge < -0.3 is 15.1 Å². The van der Waals surface area contributed by atoms with Crippen LogP contribution < -0.4 is 15.1 Å². The predicted molar refractivity (Wildman–Crippen MR) is 95.1 cm³/mol. The summed E-state index contributed by atoms with van der Waals surface area (Å²) in [5.74, 6) is 0.127. The summed E-state index contributed by atoms with van der Waals surface area (Å²) in [4.78, 5) is 15.6. The molecule has 4 heteroatoms. The van der Waals surface area contributed by atoms with E-state index in [4.69, 9.17) is 0 Å². The quantitative estimate of drug-likeness (QED) is 0.669. The summed E-state index contributed by atoms with van der Waals surface area (Å²) in [6.45, 7) is 4.98. The Bertz CT molecular complexity index is 597. The van der Waals surface area contributed by atoms with Crippen LogP contribution in [0.3, 0.4) is 0 Å². The van der Waals surface area contributed by atoms with E-state index in [1.165, 1.54) is 4.90 Å². The molecule has 0 saturated carbocycles. The number of piperazine rings is 1. The van der Waals surface area contributed by atoms with Crippen LogP contribution in [0.1, 0.15) is 17.2 Å². The van der Waals surface area contributed by atoms with Gasteiger partial charge in [-0.2, -0.15) is 0 Å². The van der Waals surface area contributed by atoms with Crippen molar-refractivity contribution in [2.75, 3.05) is 39.8 Å². The Balaban J connectivity index is 1.69. The fourth-order valence-electron chi connectivity index (χ4n) is 3.30. The highest BCUT2D eigenvalue weighted by atomic mass is 16.2. The lowest BCUT2D eigenvalue weighted by Crippen LogP contribution is -3.27. The highest BCUT2D eigenvalue weighted by Gasteiger charge is 2.24. The molecule has 3 rings (SSSR count). The smallest absolute Gasteiger partial charge is 0.275 e. The largest absolute Gasteiger partial charge is 0.340 e. The first kappa shape index (κ1) is 16.7. The summed E-state index contributed by atoms with van der Waals surface area (Å²) < 4.78 is 0. The van der Waals surface area contributed by atoms with Gasteiger partial charge in [-0.25, -0.2) is 0 Å². The minimum atomic E-state index is -0.0858. The van der Waals surface area contributed by atoms with Gasteiger partial charge in [-0.05, 0) is 11.1 Å². The van der Waals surface area contributed by atoms with E-state index in [1.807, 2.05) is 36.4 Å². The molecule has 24 heavy (non-hydrogen) atoms. The van der Waals surface area contributed by atoms with Crippen molar-refractivity contribution in [3.05, 3.63) is 71.8 Å². The SMILES string of the molecule is C[NH+]1CC[NH+](CC(=O)NC(c2ccccc2)c2ccccc2)CC1. The van der Waals surface area contributed by atoms with Crippen LogP contribution >= 0.6 is 0 Å². The topological polar surface area (TPSA) is 38.0 Å². The van der Waals surface area contributed by atoms with Crippen LogP contribution in [0.2, 0.25) is 0 Å². The van der Waals surface area contributed by atoms with Gasteiger partial charge in [0.25, 0.3) is 5.91 Å². The number of hydrogen-bond donors (Lipinski definition) is 3. The molecule has 0 radical (unpaired) electrons. The molecule has 1 fully saturated rings. The van der Waals surface area contributed by atoms with Crippen molar-refractivity contribution in [3.8, 4) is 0 Å². The molecule has 1 heterocycles. The summed E-state index contributed by atoms with van der Waals surface area (Å²) >= 11 is 0. The van der Waals surface area contributed by atoms with Crippen LogP contribution in [0.25, 0.3) is 0 Å². The summed E-state index contributed by atoms with van der Waals surface area (Å²) in [6.07, 6.45) is 0. The lowest BCUT2D eigenvalue weighted by atomic mass is 9.99. The lowest BCUT2D eigenvalue weighted by Gasteiger charge is -2.27. The second-order valence-corrected chi connectivity index (χ2v) is 6.71. The number of hydrogen-bond acceptors (Lipinski definition) is 1. The first-order valence-corrected chi connectivity index (χ1v) is 8.76. The average molecular weight is 325 g/mol.